The molecular formula is C26H26F3N3O10. The van der Waals surface area contributed by atoms with Gasteiger partial charge in [-0.3, -0.25) is 19.8 Å². The van der Waals surface area contributed by atoms with Crippen molar-refractivity contribution in [1.29, 1.82) is 5.41 Å². The number of fused-ring (bicyclic) bond motifs is 1. The number of nitrogen functional groups attached to an aromatic ring is 1. The standard InChI is InChI=1S/C24H25N3O8.C2HF3O2/c25-22(26)15-3-2-14(9-18(28)24(32)33)20(10-15)35-12-17(5-6-21(29)30)27-23(31)16-4-1-13-7-8-34-19(13)11-16;3-2(4,5)1(6)7/h1-4,10-11,17H,5-9,12H2,(H3,25,26)(H,27,31)(H,29,30)(H,32,33);(H,6,7)/t17-;/m1./s1. The summed E-state index contributed by atoms with van der Waals surface area (Å²) < 4.78 is 43.0. The third kappa shape index (κ3) is 10.1. The normalized spacial score (nSPS) is 12.5. The summed E-state index contributed by atoms with van der Waals surface area (Å²) in [5, 5.41) is 35.5. The van der Waals surface area contributed by atoms with Gasteiger partial charge < -0.3 is 35.8 Å². The zero-order chi connectivity index (χ0) is 31.6. The van der Waals surface area contributed by atoms with Crippen molar-refractivity contribution in [3.63, 3.8) is 0 Å². The molecule has 0 aromatic heterocycles. The van der Waals surface area contributed by atoms with Crippen molar-refractivity contribution in [2.75, 3.05) is 13.2 Å². The molecule has 13 nitrogen and oxygen atoms in total. The molecule has 0 saturated carbocycles. The molecule has 1 amide bonds. The summed E-state index contributed by atoms with van der Waals surface area (Å²) in [6.07, 6.45) is -4.96. The molecule has 1 atom stereocenters. The van der Waals surface area contributed by atoms with E-state index in [-0.39, 0.29) is 42.2 Å². The second-order valence-corrected chi connectivity index (χ2v) is 8.78. The van der Waals surface area contributed by atoms with E-state index in [2.05, 4.69) is 5.32 Å². The van der Waals surface area contributed by atoms with Crippen LogP contribution in [0, 0.1) is 5.41 Å². The summed E-state index contributed by atoms with van der Waals surface area (Å²) in [4.78, 5) is 55.5. The Morgan fingerprint density at radius 3 is 2.26 bits per heavy atom. The number of alkyl halides is 3. The number of amidine groups is 1. The molecule has 0 saturated heterocycles. The lowest BCUT2D eigenvalue weighted by Crippen LogP contribution is -2.39. The number of hydrogen-bond donors (Lipinski definition) is 6. The van der Waals surface area contributed by atoms with Gasteiger partial charge in [0.25, 0.3) is 5.91 Å². The molecule has 42 heavy (non-hydrogen) atoms. The van der Waals surface area contributed by atoms with Crippen molar-refractivity contribution in [1.82, 2.24) is 5.32 Å². The van der Waals surface area contributed by atoms with Crippen molar-refractivity contribution in [3.05, 3.63) is 58.7 Å². The lowest BCUT2D eigenvalue weighted by molar-refractivity contribution is -0.192. The van der Waals surface area contributed by atoms with E-state index in [1.165, 1.54) is 18.2 Å². The number of carbonyl (C=O) groups excluding carboxylic acids is 2. The number of amides is 1. The molecule has 2 aromatic rings. The van der Waals surface area contributed by atoms with Crippen LogP contribution in [0.15, 0.2) is 36.4 Å². The van der Waals surface area contributed by atoms with Gasteiger partial charge in [0.05, 0.1) is 12.6 Å². The minimum atomic E-state index is -5.08. The number of Topliss-reactive ketones (excluding diaryl/α,β-unsaturated/α-hetero) is 1. The number of carbonyl (C=O) groups is 5. The molecule has 2 aromatic carbocycles. The number of aliphatic carboxylic acids is 3. The Hall–Kier alpha value is -5.15. The van der Waals surface area contributed by atoms with Gasteiger partial charge >= 0.3 is 24.1 Å². The highest BCUT2D eigenvalue weighted by Gasteiger charge is 2.38. The summed E-state index contributed by atoms with van der Waals surface area (Å²) in [6.45, 7) is 0.373. The van der Waals surface area contributed by atoms with Crippen LogP contribution in [0.25, 0.3) is 0 Å². The Kier molecular flexibility index (Phi) is 11.4. The highest BCUT2D eigenvalue weighted by atomic mass is 19.4. The quantitative estimate of drug-likeness (QED) is 0.117. The van der Waals surface area contributed by atoms with Gasteiger partial charge in [-0.25, -0.2) is 9.59 Å². The summed E-state index contributed by atoms with van der Waals surface area (Å²) in [6, 6.07) is 8.64. The van der Waals surface area contributed by atoms with Crippen LogP contribution in [-0.2, 0) is 32.0 Å². The largest absolute Gasteiger partial charge is 0.493 e. The first-order valence-corrected chi connectivity index (χ1v) is 12.0. The van der Waals surface area contributed by atoms with E-state index in [0.717, 1.165) is 12.0 Å². The number of ketones is 1. The maximum Gasteiger partial charge on any atom is 0.490 e. The van der Waals surface area contributed by atoms with Gasteiger partial charge in [-0.1, -0.05) is 18.2 Å². The number of nitrogens with two attached hydrogens (primary N) is 1. The third-order valence-electron chi connectivity index (χ3n) is 5.65. The first-order chi connectivity index (χ1) is 19.6. The molecule has 0 radical (unpaired) electrons. The van der Waals surface area contributed by atoms with Crippen LogP contribution < -0.4 is 20.5 Å². The average molecular weight is 597 g/mol. The zero-order valence-electron chi connectivity index (χ0n) is 21.7. The number of carboxylic acid groups (broad SMARTS) is 3. The monoisotopic (exact) mass is 597 g/mol. The number of rotatable bonds is 12. The van der Waals surface area contributed by atoms with Gasteiger partial charge in [0, 0.05) is 36.0 Å². The molecule has 1 aliphatic rings. The number of hydrogen-bond acceptors (Lipinski definition) is 8. The van der Waals surface area contributed by atoms with Crippen molar-refractivity contribution < 1.29 is 61.9 Å². The third-order valence-corrected chi connectivity index (χ3v) is 5.65. The van der Waals surface area contributed by atoms with Crippen LogP contribution in [0.3, 0.4) is 0 Å². The van der Waals surface area contributed by atoms with E-state index in [4.69, 9.17) is 40.7 Å². The maximum absolute atomic E-state index is 12.8. The Labute approximate surface area is 235 Å². The highest BCUT2D eigenvalue weighted by molar-refractivity contribution is 6.33. The van der Waals surface area contributed by atoms with E-state index >= 15 is 0 Å². The Morgan fingerprint density at radius 2 is 1.69 bits per heavy atom. The molecule has 7 N–H and O–H groups in total. The maximum atomic E-state index is 12.8. The van der Waals surface area contributed by atoms with Crippen molar-refractivity contribution in [2.24, 2.45) is 5.73 Å². The lowest BCUT2D eigenvalue weighted by atomic mass is 10.0. The number of ether oxygens (including phenoxy) is 2. The van der Waals surface area contributed by atoms with Crippen LogP contribution in [-0.4, -0.2) is 76.2 Å². The topological polar surface area (TPSA) is 226 Å². The van der Waals surface area contributed by atoms with Crippen LogP contribution >= 0.6 is 0 Å². The van der Waals surface area contributed by atoms with E-state index in [1.54, 1.807) is 18.2 Å². The van der Waals surface area contributed by atoms with Gasteiger partial charge in [-0.15, -0.1) is 0 Å². The SMILES string of the molecule is N=C(N)c1ccc(CC(=O)C(=O)O)c(OC[C@@H](CCC(=O)O)NC(=O)c2ccc3c(c2)OCC3)c1.O=C(O)C(F)(F)F. The highest BCUT2D eigenvalue weighted by Crippen LogP contribution is 2.26. The molecule has 16 heteroatoms. The van der Waals surface area contributed by atoms with Crippen molar-refractivity contribution >= 4 is 35.4 Å². The second kappa shape index (κ2) is 14.5. The van der Waals surface area contributed by atoms with E-state index < -0.39 is 48.2 Å². The first-order valence-electron chi connectivity index (χ1n) is 12.0. The van der Waals surface area contributed by atoms with Gasteiger partial charge in [0.15, 0.2) is 0 Å². The second-order valence-electron chi connectivity index (χ2n) is 8.78. The Balaban J connectivity index is 0.000000782. The van der Waals surface area contributed by atoms with Crippen molar-refractivity contribution in [3.8, 4) is 11.5 Å². The zero-order valence-corrected chi connectivity index (χ0v) is 21.7. The molecule has 0 fully saturated rings. The lowest BCUT2D eigenvalue weighted by Gasteiger charge is -2.20. The molecular weight excluding hydrogens is 571 g/mol. The Morgan fingerprint density at radius 1 is 1.05 bits per heavy atom. The Bertz CT molecular complexity index is 1380. The molecule has 226 valence electrons. The molecule has 1 aliphatic heterocycles. The predicted octanol–water partition coefficient (Wildman–Crippen LogP) is 1.78. The minimum Gasteiger partial charge on any atom is -0.493 e. The summed E-state index contributed by atoms with van der Waals surface area (Å²) >= 11 is 0. The van der Waals surface area contributed by atoms with Crippen molar-refractivity contribution in [2.45, 2.75) is 37.9 Å². The summed E-state index contributed by atoms with van der Waals surface area (Å²) in [5.74, 6) is -6.44. The number of benzene rings is 2. The number of nitrogens with one attached hydrogen (secondary N) is 2. The van der Waals surface area contributed by atoms with Crippen LogP contribution in [0.5, 0.6) is 11.5 Å². The van der Waals surface area contributed by atoms with E-state index in [9.17, 15) is 32.3 Å². The van der Waals surface area contributed by atoms with Crippen LogP contribution in [0.1, 0.15) is 39.9 Å². The van der Waals surface area contributed by atoms with Crippen LogP contribution in [0.4, 0.5) is 13.2 Å². The molecule has 0 bridgehead atoms. The molecule has 0 spiro atoms. The summed E-state index contributed by atoms with van der Waals surface area (Å²) in [5.41, 5.74) is 7.41. The summed E-state index contributed by atoms with van der Waals surface area (Å²) in [7, 11) is 0. The minimum absolute atomic E-state index is 0.0539. The van der Waals surface area contributed by atoms with Crippen LogP contribution in [0.2, 0.25) is 0 Å². The first kappa shape index (κ1) is 33.1. The van der Waals surface area contributed by atoms with E-state index in [0.29, 0.717) is 17.9 Å². The molecule has 3 rings (SSSR count). The fraction of sp³-hybridized carbons (Fsp3) is 0.308. The molecule has 0 aliphatic carbocycles. The smallest absolute Gasteiger partial charge is 0.490 e. The molecule has 0 unspecified atom stereocenters. The van der Waals surface area contributed by atoms with Gasteiger partial charge in [-0.05, 0) is 30.2 Å². The van der Waals surface area contributed by atoms with E-state index in [1.807, 2.05) is 0 Å². The average Bonchev–Trinajstić information content (AvgIpc) is 3.38. The fourth-order valence-electron chi connectivity index (χ4n) is 3.51. The molecule has 1 heterocycles. The number of carboxylic acids is 3. The fourth-order valence-corrected chi connectivity index (χ4v) is 3.51. The number of halogens is 3. The van der Waals surface area contributed by atoms with Gasteiger partial charge in [0.2, 0.25) is 5.78 Å². The van der Waals surface area contributed by atoms with Gasteiger partial charge in [0.1, 0.15) is 23.9 Å². The van der Waals surface area contributed by atoms with Gasteiger partial charge in [-0.2, -0.15) is 13.2 Å². The predicted molar refractivity (Wildman–Crippen MR) is 137 cm³/mol.